The number of nitrogens with zero attached hydrogens (tertiary/aromatic N) is 1. The average Bonchev–Trinajstić information content (AvgIpc) is 2.88. The van der Waals surface area contributed by atoms with Crippen LogP contribution in [-0.4, -0.2) is 49.4 Å². The molecular weight excluding hydrogens is 301 g/mol. The first kappa shape index (κ1) is 16.2. The molecule has 1 aromatic rings. The van der Waals surface area contributed by atoms with Crippen LogP contribution < -0.4 is 4.74 Å². The largest absolute Gasteiger partial charge is 0.496 e. The third-order valence-corrected chi connectivity index (χ3v) is 5.18. The quantitative estimate of drug-likeness (QED) is 0.920. The number of rotatable bonds is 4. The van der Waals surface area contributed by atoms with E-state index in [4.69, 9.17) is 9.47 Å². The summed E-state index contributed by atoms with van der Waals surface area (Å²) in [6.45, 7) is 2.65. The van der Waals surface area contributed by atoms with Gasteiger partial charge in [-0.05, 0) is 25.0 Å². The number of methoxy groups -OCH3 is 1. The Hall–Kier alpha value is -1.66. The Morgan fingerprint density at radius 3 is 2.87 bits per heavy atom. The summed E-state index contributed by atoms with van der Waals surface area (Å²) < 4.78 is 24.8. The molecule has 0 saturated carbocycles. The maximum atomic E-state index is 14.1. The fourth-order valence-corrected chi connectivity index (χ4v) is 3.92. The molecule has 0 amide bonds. The van der Waals surface area contributed by atoms with Crippen molar-refractivity contribution in [3.63, 3.8) is 0 Å². The smallest absolute Gasteiger partial charge is 0.308 e. The Bertz CT molecular complexity index is 586. The molecule has 1 spiro atoms. The molecule has 1 N–H and O–H groups in total. The summed E-state index contributed by atoms with van der Waals surface area (Å²) in [4.78, 5) is 13.7. The molecule has 126 valence electrons. The van der Waals surface area contributed by atoms with Crippen molar-refractivity contribution in [2.75, 3.05) is 33.4 Å². The molecule has 1 unspecified atom stereocenters. The van der Waals surface area contributed by atoms with Crippen LogP contribution in [-0.2, 0) is 16.1 Å². The van der Waals surface area contributed by atoms with Crippen molar-refractivity contribution < 1.29 is 23.8 Å². The minimum absolute atomic E-state index is 0.261. The van der Waals surface area contributed by atoms with E-state index in [-0.39, 0.29) is 11.2 Å². The van der Waals surface area contributed by atoms with E-state index in [9.17, 15) is 14.3 Å². The van der Waals surface area contributed by atoms with E-state index in [1.807, 2.05) is 4.90 Å². The molecule has 1 aromatic carbocycles. The van der Waals surface area contributed by atoms with Gasteiger partial charge in [-0.1, -0.05) is 6.07 Å². The van der Waals surface area contributed by atoms with Gasteiger partial charge in [0.2, 0.25) is 0 Å². The van der Waals surface area contributed by atoms with Crippen molar-refractivity contribution in [1.29, 1.82) is 0 Å². The van der Waals surface area contributed by atoms with Crippen LogP contribution >= 0.6 is 0 Å². The van der Waals surface area contributed by atoms with Crippen LogP contribution in [0.5, 0.6) is 5.75 Å². The molecule has 3 rings (SSSR count). The lowest BCUT2D eigenvalue weighted by Crippen LogP contribution is -2.40. The lowest BCUT2D eigenvalue weighted by Gasteiger charge is -2.36. The van der Waals surface area contributed by atoms with Crippen LogP contribution in [0.15, 0.2) is 18.2 Å². The summed E-state index contributed by atoms with van der Waals surface area (Å²) in [5.74, 6) is -1.01. The van der Waals surface area contributed by atoms with Gasteiger partial charge in [0.05, 0.1) is 13.0 Å². The van der Waals surface area contributed by atoms with Gasteiger partial charge in [-0.2, -0.15) is 0 Å². The Labute approximate surface area is 135 Å². The minimum atomic E-state index is -0.769. The lowest BCUT2D eigenvalue weighted by atomic mass is 9.72. The van der Waals surface area contributed by atoms with Crippen molar-refractivity contribution in [3.05, 3.63) is 29.6 Å². The molecule has 0 aromatic heterocycles. The Morgan fingerprint density at radius 1 is 1.48 bits per heavy atom. The second-order valence-corrected chi connectivity index (χ2v) is 6.46. The summed E-state index contributed by atoms with van der Waals surface area (Å²) >= 11 is 0. The number of carboxylic acid groups (broad SMARTS) is 1. The molecule has 0 radical (unpaired) electrons. The van der Waals surface area contributed by atoms with Gasteiger partial charge >= 0.3 is 5.97 Å². The highest BCUT2D eigenvalue weighted by molar-refractivity contribution is 5.72. The van der Waals surface area contributed by atoms with Gasteiger partial charge in [0.15, 0.2) is 0 Å². The topological polar surface area (TPSA) is 59.0 Å². The van der Waals surface area contributed by atoms with Crippen LogP contribution in [0.1, 0.15) is 18.4 Å². The number of likely N-dealkylation sites (tertiary alicyclic amines) is 1. The first-order chi connectivity index (χ1) is 11.1. The lowest BCUT2D eigenvalue weighted by molar-refractivity contribution is -0.146. The Morgan fingerprint density at radius 2 is 2.22 bits per heavy atom. The minimum Gasteiger partial charge on any atom is -0.496 e. The van der Waals surface area contributed by atoms with Crippen LogP contribution in [0, 0.1) is 17.2 Å². The van der Waals surface area contributed by atoms with Gasteiger partial charge < -0.3 is 14.6 Å². The Balaban J connectivity index is 1.81. The molecular formula is C17H22FNO4. The number of hydrogen-bond donors (Lipinski definition) is 1. The molecule has 2 aliphatic heterocycles. The molecule has 2 saturated heterocycles. The van der Waals surface area contributed by atoms with Crippen LogP contribution in [0.3, 0.4) is 0 Å². The monoisotopic (exact) mass is 323 g/mol. The summed E-state index contributed by atoms with van der Waals surface area (Å²) in [7, 11) is 1.52. The molecule has 2 heterocycles. The van der Waals surface area contributed by atoms with Crippen molar-refractivity contribution in [2.45, 2.75) is 19.4 Å². The third kappa shape index (κ3) is 3.05. The fraction of sp³-hybridized carbons (Fsp3) is 0.588. The first-order valence-corrected chi connectivity index (χ1v) is 7.90. The zero-order valence-electron chi connectivity index (χ0n) is 13.3. The number of carboxylic acids is 1. The number of aliphatic carboxylic acids is 1. The average molecular weight is 323 g/mol. The van der Waals surface area contributed by atoms with Crippen LogP contribution in [0.25, 0.3) is 0 Å². The number of carbonyl (C=O) groups is 1. The number of benzene rings is 1. The molecule has 6 heteroatoms. The normalized spacial score (nSPS) is 24.0. The van der Waals surface area contributed by atoms with E-state index in [1.54, 1.807) is 12.1 Å². The van der Waals surface area contributed by atoms with Crippen LogP contribution in [0.2, 0.25) is 0 Å². The van der Waals surface area contributed by atoms with Gasteiger partial charge in [0.1, 0.15) is 11.6 Å². The highest BCUT2D eigenvalue weighted by Gasteiger charge is 2.50. The predicted molar refractivity (Wildman–Crippen MR) is 81.8 cm³/mol. The molecule has 5 nitrogen and oxygen atoms in total. The number of hydrogen-bond acceptors (Lipinski definition) is 4. The van der Waals surface area contributed by atoms with Crippen molar-refractivity contribution in [3.8, 4) is 5.75 Å². The van der Waals surface area contributed by atoms with E-state index >= 15 is 0 Å². The van der Waals surface area contributed by atoms with Gasteiger partial charge in [0.25, 0.3) is 0 Å². The third-order valence-electron chi connectivity index (χ3n) is 5.18. The molecule has 2 aliphatic rings. The number of halogens is 1. The summed E-state index contributed by atoms with van der Waals surface area (Å²) in [6.07, 6.45) is 1.49. The van der Waals surface area contributed by atoms with E-state index in [0.29, 0.717) is 44.2 Å². The molecule has 1 atom stereocenters. The van der Waals surface area contributed by atoms with E-state index < -0.39 is 11.9 Å². The highest BCUT2D eigenvalue weighted by atomic mass is 19.1. The van der Waals surface area contributed by atoms with Gasteiger partial charge in [-0.3, -0.25) is 9.69 Å². The molecule has 2 fully saturated rings. The second kappa shape index (κ2) is 6.45. The standard InChI is InChI=1S/C17H22FNO4/c1-22-15-4-2-3-14(18)12(15)9-19-10-13(16(20)21)17(11-19)5-7-23-8-6-17/h2-4,13H,5-11H2,1H3,(H,20,21). The molecule has 23 heavy (non-hydrogen) atoms. The summed E-state index contributed by atoms with van der Waals surface area (Å²) in [5.41, 5.74) is 0.228. The summed E-state index contributed by atoms with van der Waals surface area (Å²) in [5, 5.41) is 9.60. The van der Waals surface area contributed by atoms with E-state index in [1.165, 1.54) is 13.2 Å². The maximum absolute atomic E-state index is 14.1. The Kier molecular flexibility index (Phi) is 4.55. The summed E-state index contributed by atoms with van der Waals surface area (Å²) in [6, 6.07) is 4.75. The fourth-order valence-electron chi connectivity index (χ4n) is 3.92. The molecule has 0 aliphatic carbocycles. The van der Waals surface area contributed by atoms with Gasteiger partial charge in [-0.15, -0.1) is 0 Å². The van der Waals surface area contributed by atoms with Crippen LogP contribution in [0.4, 0.5) is 4.39 Å². The maximum Gasteiger partial charge on any atom is 0.308 e. The molecule has 0 bridgehead atoms. The number of ether oxygens (including phenoxy) is 2. The predicted octanol–water partition coefficient (Wildman–Crippen LogP) is 2.15. The van der Waals surface area contributed by atoms with Crippen molar-refractivity contribution in [1.82, 2.24) is 4.90 Å². The zero-order valence-corrected chi connectivity index (χ0v) is 13.3. The van der Waals surface area contributed by atoms with Crippen molar-refractivity contribution >= 4 is 5.97 Å². The van der Waals surface area contributed by atoms with Gasteiger partial charge in [-0.25, -0.2) is 4.39 Å². The second-order valence-electron chi connectivity index (χ2n) is 6.46. The zero-order chi connectivity index (χ0) is 16.4. The van der Waals surface area contributed by atoms with Gasteiger partial charge in [0, 0.05) is 43.8 Å². The highest BCUT2D eigenvalue weighted by Crippen LogP contribution is 2.45. The first-order valence-electron chi connectivity index (χ1n) is 7.90. The SMILES string of the molecule is COc1cccc(F)c1CN1CC(C(=O)O)C2(CCOCC2)C1. The van der Waals surface area contributed by atoms with Crippen molar-refractivity contribution in [2.24, 2.45) is 11.3 Å². The van der Waals surface area contributed by atoms with E-state index in [2.05, 4.69) is 0 Å². The van der Waals surface area contributed by atoms with E-state index in [0.717, 1.165) is 12.8 Å².